The topological polar surface area (TPSA) is 56.2 Å². The molecule has 14 heavy (non-hydrogen) atoms. The highest BCUT2D eigenvalue weighted by Crippen LogP contribution is 2.78. The molecule has 0 saturated heterocycles. The van der Waals surface area contributed by atoms with E-state index in [9.17, 15) is 10.2 Å². The molecule has 0 radical (unpaired) electrons. The van der Waals surface area contributed by atoms with Gasteiger partial charge in [0.15, 0.2) is 11.8 Å². The first kappa shape index (κ1) is 7.21. The lowest BCUT2D eigenvalue weighted by molar-refractivity contribution is 0.393. The van der Waals surface area contributed by atoms with Crippen LogP contribution in [0.15, 0.2) is 0 Å². The van der Waals surface area contributed by atoms with Crippen molar-refractivity contribution in [3.8, 4) is 11.8 Å². The Morgan fingerprint density at radius 1 is 1.00 bits per heavy atom. The minimum Gasteiger partial charge on any atom is -0.494 e. The lowest BCUT2D eigenvalue weighted by atomic mass is 9.91. The molecule has 0 amide bonds. The molecule has 2 unspecified atom stereocenters. The van der Waals surface area contributed by atoms with E-state index in [0.717, 1.165) is 11.1 Å². The number of rotatable bonds is 0. The Balaban J connectivity index is 2.02. The molecular weight excluding hydrogens is 178 g/mol. The number of aromatic hydroxyl groups is 2. The van der Waals surface area contributed by atoms with E-state index in [1.165, 1.54) is 25.7 Å². The monoisotopic (exact) mass is 191 g/mol. The molecule has 3 heteroatoms. The Morgan fingerprint density at radius 2 is 1.50 bits per heavy atom. The Kier molecular flexibility index (Phi) is 0.932. The maximum Gasteiger partial charge on any atom is 0.195 e. The summed E-state index contributed by atoms with van der Waals surface area (Å²) in [6.45, 7) is 0. The van der Waals surface area contributed by atoms with Crippen LogP contribution in [0.25, 0.3) is 0 Å². The smallest absolute Gasteiger partial charge is 0.195 e. The van der Waals surface area contributed by atoms with E-state index in [1.807, 2.05) is 0 Å². The van der Waals surface area contributed by atoms with E-state index >= 15 is 0 Å². The van der Waals surface area contributed by atoms with E-state index in [0.29, 0.717) is 17.3 Å². The second-order valence-corrected chi connectivity index (χ2v) is 5.07. The van der Waals surface area contributed by atoms with Crippen molar-refractivity contribution in [3.63, 3.8) is 0 Å². The third-order valence-electron chi connectivity index (χ3n) is 4.69. The molecule has 1 heterocycles. The Morgan fingerprint density at radius 3 is 1.93 bits per heavy atom. The summed E-state index contributed by atoms with van der Waals surface area (Å²) in [4.78, 5) is 2.66. The van der Waals surface area contributed by atoms with Gasteiger partial charge in [0.2, 0.25) is 0 Å². The summed E-state index contributed by atoms with van der Waals surface area (Å²) in [5.41, 5.74) is 2.53. The van der Waals surface area contributed by atoms with Gasteiger partial charge in [-0.3, -0.25) is 4.98 Å². The number of hydrogen-bond donors (Lipinski definition) is 3. The van der Waals surface area contributed by atoms with E-state index in [-0.39, 0.29) is 11.8 Å². The first-order valence-electron chi connectivity index (χ1n) is 5.38. The van der Waals surface area contributed by atoms with E-state index in [4.69, 9.17) is 0 Å². The first-order valence-corrected chi connectivity index (χ1v) is 5.38. The molecule has 3 N–H and O–H groups in total. The summed E-state index contributed by atoms with van der Waals surface area (Å²) < 4.78 is 0. The van der Waals surface area contributed by atoms with Crippen LogP contribution < -0.4 is 0 Å². The van der Waals surface area contributed by atoms with Crippen LogP contribution in [0.4, 0.5) is 0 Å². The van der Waals surface area contributed by atoms with E-state index < -0.39 is 0 Å². The highest BCUT2D eigenvalue weighted by molar-refractivity contribution is 5.57. The Hall–Kier alpha value is -1.12. The molecule has 2 bridgehead atoms. The average molecular weight is 191 g/mol. The van der Waals surface area contributed by atoms with Gasteiger partial charge in [-0.1, -0.05) is 0 Å². The second kappa shape index (κ2) is 1.81. The maximum atomic E-state index is 9.72. The number of fused-ring (bicyclic) bond motifs is 3. The van der Waals surface area contributed by atoms with Gasteiger partial charge >= 0.3 is 0 Å². The molecule has 3 aliphatic carbocycles. The molecule has 2 fully saturated rings. The van der Waals surface area contributed by atoms with Crippen molar-refractivity contribution in [2.75, 3.05) is 0 Å². The van der Waals surface area contributed by atoms with Gasteiger partial charge in [0.1, 0.15) is 0 Å². The highest BCUT2D eigenvalue weighted by atomic mass is 16.3. The van der Waals surface area contributed by atoms with Crippen LogP contribution in [0.1, 0.15) is 48.6 Å². The number of H-pyrrole nitrogens is 1. The molecule has 2 saturated carbocycles. The largest absolute Gasteiger partial charge is 0.494 e. The van der Waals surface area contributed by atoms with Crippen molar-refractivity contribution in [1.82, 2.24) is 4.98 Å². The second-order valence-electron chi connectivity index (χ2n) is 5.07. The molecule has 1 aromatic rings. The molecule has 74 valence electrons. The summed E-state index contributed by atoms with van der Waals surface area (Å²) in [6, 6.07) is 0. The van der Waals surface area contributed by atoms with Crippen LogP contribution in [0.2, 0.25) is 0 Å². The fourth-order valence-electron chi connectivity index (χ4n) is 4.06. The van der Waals surface area contributed by atoms with E-state index in [1.54, 1.807) is 0 Å². The van der Waals surface area contributed by atoms with Gasteiger partial charge in [0.25, 0.3) is 0 Å². The van der Waals surface area contributed by atoms with Crippen molar-refractivity contribution in [3.05, 3.63) is 11.1 Å². The predicted molar refractivity (Wildman–Crippen MR) is 50.5 cm³/mol. The zero-order chi connectivity index (χ0) is 9.50. The Bertz CT molecular complexity index is 396. The number of aromatic amines is 1. The minimum atomic E-state index is 0.218. The lowest BCUT2D eigenvalue weighted by Gasteiger charge is -2.13. The van der Waals surface area contributed by atoms with E-state index in [2.05, 4.69) is 4.98 Å². The summed E-state index contributed by atoms with van der Waals surface area (Å²) in [6.07, 6.45) is 4.97. The molecule has 0 aliphatic heterocycles. The van der Waals surface area contributed by atoms with Gasteiger partial charge in [-0.2, -0.15) is 0 Å². The number of nitrogens with one attached hydrogen (secondary N) is 1. The lowest BCUT2D eigenvalue weighted by Crippen LogP contribution is -2.03. The predicted octanol–water partition coefficient (Wildman–Crippen LogP) is 2.18. The normalized spacial score (nSPS) is 35.1. The quantitative estimate of drug-likeness (QED) is 0.588. The van der Waals surface area contributed by atoms with Crippen molar-refractivity contribution in [1.29, 1.82) is 0 Å². The molecule has 4 rings (SSSR count). The summed E-state index contributed by atoms with van der Waals surface area (Å²) in [5, 5.41) is 19.4. The van der Waals surface area contributed by atoms with Gasteiger partial charge in [0, 0.05) is 11.1 Å². The Labute approximate surface area is 81.8 Å². The molecule has 3 nitrogen and oxygen atoms in total. The molecule has 3 aliphatic rings. The van der Waals surface area contributed by atoms with Crippen LogP contribution in [0.3, 0.4) is 0 Å². The van der Waals surface area contributed by atoms with Gasteiger partial charge in [-0.15, -0.1) is 0 Å². The summed E-state index contributed by atoms with van der Waals surface area (Å²) >= 11 is 0. The van der Waals surface area contributed by atoms with Crippen LogP contribution in [0.5, 0.6) is 11.8 Å². The average Bonchev–Trinajstić information content (AvgIpc) is 2.72. The molecular formula is C11H13NO2. The fraction of sp³-hybridized carbons (Fsp3) is 0.636. The molecule has 1 spiro atoms. The van der Waals surface area contributed by atoms with Crippen molar-refractivity contribution in [2.45, 2.75) is 37.5 Å². The van der Waals surface area contributed by atoms with Gasteiger partial charge < -0.3 is 10.2 Å². The maximum absolute atomic E-state index is 9.72. The van der Waals surface area contributed by atoms with Gasteiger partial charge in [-0.25, -0.2) is 0 Å². The van der Waals surface area contributed by atoms with Gasteiger partial charge in [0.05, 0.1) is 0 Å². The zero-order valence-electron chi connectivity index (χ0n) is 7.88. The van der Waals surface area contributed by atoms with Crippen LogP contribution >= 0.6 is 0 Å². The standard InChI is InChI=1S/C11H13NO2/c13-9-7-5-1-2-6(11(5)3-4-11)8(7)10(14)12-9/h5-6,12-14H,1-4H2. The van der Waals surface area contributed by atoms with Crippen molar-refractivity contribution >= 4 is 0 Å². The summed E-state index contributed by atoms with van der Waals surface area (Å²) in [7, 11) is 0. The zero-order valence-corrected chi connectivity index (χ0v) is 7.88. The van der Waals surface area contributed by atoms with Crippen molar-refractivity contribution in [2.24, 2.45) is 5.41 Å². The summed E-state index contributed by atoms with van der Waals surface area (Å²) in [5.74, 6) is 1.49. The fourth-order valence-corrected chi connectivity index (χ4v) is 4.06. The third kappa shape index (κ3) is 0.527. The highest BCUT2D eigenvalue weighted by Gasteiger charge is 2.65. The molecule has 1 aromatic heterocycles. The van der Waals surface area contributed by atoms with Crippen LogP contribution in [0, 0.1) is 5.41 Å². The van der Waals surface area contributed by atoms with Crippen LogP contribution in [-0.4, -0.2) is 15.2 Å². The first-order chi connectivity index (χ1) is 6.74. The molecule has 2 atom stereocenters. The van der Waals surface area contributed by atoms with Gasteiger partial charge in [-0.05, 0) is 42.9 Å². The SMILES string of the molecule is Oc1[nH]c(O)c2c1C1CCC2C12CC2. The third-order valence-corrected chi connectivity index (χ3v) is 4.69. The molecule has 0 aromatic carbocycles. The van der Waals surface area contributed by atoms with Crippen molar-refractivity contribution < 1.29 is 10.2 Å². The number of hydrogen-bond acceptors (Lipinski definition) is 2. The number of aromatic nitrogens is 1. The minimum absolute atomic E-state index is 0.218. The van der Waals surface area contributed by atoms with Crippen LogP contribution in [-0.2, 0) is 0 Å².